The zero-order chi connectivity index (χ0) is 26.7. The van der Waals surface area contributed by atoms with E-state index >= 15 is 0 Å². The van der Waals surface area contributed by atoms with Crippen LogP contribution in [0.5, 0.6) is 0 Å². The molecule has 4 rings (SSSR count). The van der Waals surface area contributed by atoms with Crippen LogP contribution in [-0.4, -0.2) is 40.7 Å². The van der Waals surface area contributed by atoms with Crippen LogP contribution in [0.3, 0.4) is 0 Å². The average Bonchev–Trinajstić information content (AvgIpc) is 2.90. The molecule has 1 aromatic heterocycles. The van der Waals surface area contributed by atoms with Crippen molar-refractivity contribution in [1.82, 2.24) is 9.88 Å². The standard InChI is InChI=1S/C28H28F2N4O3/c1-3-18(19-9-10-22(29)23(30)15-19)16-25(35)34-26(28(37)33(2)20-7-5-4-6-8-20)21(27(34)36)13-17-11-12-32-24(31)14-17/h4-12,14-15,18,21,26H,3,13,16H2,1-2H3,(H2,31,32)/t18-,21+,26-/m0/s1. The summed E-state index contributed by atoms with van der Waals surface area (Å²) in [4.78, 5) is 46.7. The fourth-order valence-corrected chi connectivity index (χ4v) is 4.73. The number of benzene rings is 2. The number of aromatic nitrogens is 1. The van der Waals surface area contributed by atoms with Crippen LogP contribution >= 0.6 is 0 Å². The zero-order valence-corrected chi connectivity index (χ0v) is 20.6. The summed E-state index contributed by atoms with van der Waals surface area (Å²) in [6.45, 7) is 1.82. The highest BCUT2D eigenvalue weighted by atomic mass is 19.2. The van der Waals surface area contributed by atoms with Crippen molar-refractivity contribution in [2.24, 2.45) is 5.92 Å². The van der Waals surface area contributed by atoms with Crippen molar-refractivity contribution in [2.45, 2.75) is 38.1 Å². The Kier molecular flexibility index (Phi) is 7.61. The first kappa shape index (κ1) is 25.9. The monoisotopic (exact) mass is 506 g/mol. The van der Waals surface area contributed by atoms with Gasteiger partial charge in [0.15, 0.2) is 11.6 Å². The average molecular weight is 507 g/mol. The highest BCUT2D eigenvalue weighted by Gasteiger charge is 2.55. The third-order valence-electron chi connectivity index (χ3n) is 6.84. The number of likely N-dealkylation sites (tertiary alicyclic amines) is 1. The van der Waals surface area contributed by atoms with Crippen molar-refractivity contribution in [3.05, 3.63) is 89.6 Å². The molecule has 0 unspecified atom stereocenters. The van der Waals surface area contributed by atoms with Crippen molar-refractivity contribution in [1.29, 1.82) is 0 Å². The summed E-state index contributed by atoms with van der Waals surface area (Å²) < 4.78 is 27.3. The number of amides is 3. The number of halogens is 2. The zero-order valence-electron chi connectivity index (χ0n) is 20.6. The number of nitrogens with two attached hydrogens (primary N) is 1. The molecule has 0 saturated carbocycles. The van der Waals surface area contributed by atoms with Gasteiger partial charge in [-0.1, -0.05) is 31.2 Å². The van der Waals surface area contributed by atoms with Gasteiger partial charge in [0.2, 0.25) is 11.8 Å². The smallest absolute Gasteiger partial charge is 0.250 e. The molecule has 3 aromatic rings. The number of nitrogen functional groups attached to an aromatic ring is 1. The SMILES string of the molecule is CC[C@@H](CC(=O)N1C(=O)[C@H](Cc2ccnc(N)c2)[C@H]1C(=O)N(C)c1ccccc1)c1ccc(F)c(F)c1. The predicted octanol–water partition coefficient (Wildman–Crippen LogP) is 4.09. The molecule has 7 nitrogen and oxygen atoms in total. The molecule has 2 aromatic carbocycles. The maximum atomic E-state index is 13.8. The van der Waals surface area contributed by atoms with Gasteiger partial charge in [0, 0.05) is 25.4 Å². The molecule has 3 amide bonds. The second kappa shape index (κ2) is 10.9. The molecule has 2 heterocycles. The molecule has 0 radical (unpaired) electrons. The van der Waals surface area contributed by atoms with E-state index in [2.05, 4.69) is 4.98 Å². The Bertz CT molecular complexity index is 1320. The van der Waals surface area contributed by atoms with Crippen LogP contribution in [0.4, 0.5) is 20.3 Å². The Morgan fingerprint density at radius 3 is 2.46 bits per heavy atom. The van der Waals surface area contributed by atoms with Gasteiger partial charge < -0.3 is 10.6 Å². The highest BCUT2D eigenvalue weighted by molar-refractivity contribution is 6.12. The summed E-state index contributed by atoms with van der Waals surface area (Å²) >= 11 is 0. The third-order valence-corrected chi connectivity index (χ3v) is 6.84. The lowest BCUT2D eigenvalue weighted by Crippen LogP contribution is -2.69. The van der Waals surface area contributed by atoms with Crippen LogP contribution in [0.25, 0.3) is 0 Å². The number of imide groups is 1. The number of para-hydroxylation sites is 1. The predicted molar refractivity (Wildman–Crippen MR) is 135 cm³/mol. The Hall–Kier alpha value is -4.14. The van der Waals surface area contributed by atoms with E-state index in [0.717, 1.165) is 22.6 Å². The second-order valence-electron chi connectivity index (χ2n) is 9.16. The third kappa shape index (κ3) is 5.35. The first-order chi connectivity index (χ1) is 17.7. The van der Waals surface area contributed by atoms with Gasteiger partial charge in [-0.3, -0.25) is 19.3 Å². The van der Waals surface area contributed by atoms with Gasteiger partial charge in [-0.05, 0) is 66.3 Å². The number of hydrogen-bond acceptors (Lipinski definition) is 5. The molecule has 192 valence electrons. The van der Waals surface area contributed by atoms with Crippen molar-refractivity contribution in [3.63, 3.8) is 0 Å². The summed E-state index contributed by atoms with van der Waals surface area (Å²) in [6.07, 6.45) is 2.08. The van der Waals surface area contributed by atoms with E-state index < -0.39 is 47.2 Å². The minimum Gasteiger partial charge on any atom is -0.384 e. The molecule has 3 atom stereocenters. The lowest BCUT2D eigenvalue weighted by atomic mass is 9.80. The van der Waals surface area contributed by atoms with E-state index in [-0.39, 0.29) is 12.8 Å². The summed E-state index contributed by atoms with van der Waals surface area (Å²) in [7, 11) is 1.60. The second-order valence-corrected chi connectivity index (χ2v) is 9.16. The fourth-order valence-electron chi connectivity index (χ4n) is 4.73. The van der Waals surface area contributed by atoms with E-state index in [1.807, 2.05) is 13.0 Å². The van der Waals surface area contributed by atoms with Crippen molar-refractivity contribution >= 4 is 29.2 Å². The first-order valence-electron chi connectivity index (χ1n) is 12.0. The van der Waals surface area contributed by atoms with Gasteiger partial charge in [-0.25, -0.2) is 13.8 Å². The molecular weight excluding hydrogens is 478 g/mol. The van der Waals surface area contributed by atoms with Gasteiger partial charge in [-0.2, -0.15) is 0 Å². The molecule has 1 aliphatic heterocycles. The molecule has 9 heteroatoms. The maximum absolute atomic E-state index is 13.8. The summed E-state index contributed by atoms with van der Waals surface area (Å²) in [5.41, 5.74) is 7.59. The van der Waals surface area contributed by atoms with Crippen LogP contribution in [0, 0.1) is 17.6 Å². The summed E-state index contributed by atoms with van der Waals surface area (Å²) in [5, 5.41) is 0. The molecule has 1 saturated heterocycles. The van der Waals surface area contributed by atoms with E-state index in [0.29, 0.717) is 23.5 Å². The van der Waals surface area contributed by atoms with Crippen molar-refractivity contribution < 1.29 is 23.2 Å². The molecule has 2 N–H and O–H groups in total. The van der Waals surface area contributed by atoms with Gasteiger partial charge >= 0.3 is 0 Å². The van der Waals surface area contributed by atoms with Crippen molar-refractivity contribution in [2.75, 3.05) is 17.7 Å². The van der Waals surface area contributed by atoms with E-state index in [1.165, 1.54) is 17.2 Å². The van der Waals surface area contributed by atoms with E-state index in [1.54, 1.807) is 43.4 Å². The van der Waals surface area contributed by atoms with Crippen LogP contribution < -0.4 is 10.6 Å². The molecule has 1 fully saturated rings. The Labute approximate surface area is 213 Å². The minimum atomic E-state index is -1.01. The van der Waals surface area contributed by atoms with Gasteiger partial charge in [-0.15, -0.1) is 0 Å². The lowest BCUT2D eigenvalue weighted by molar-refractivity contribution is -0.170. The number of β-lactam (4-membered cyclic amide) rings is 1. The van der Waals surface area contributed by atoms with E-state index in [9.17, 15) is 23.2 Å². The molecule has 0 bridgehead atoms. The van der Waals surface area contributed by atoms with Gasteiger partial charge in [0.25, 0.3) is 5.91 Å². The molecule has 37 heavy (non-hydrogen) atoms. The van der Waals surface area contributed by atoms with Crippen LogP contribution in [0.1, 0.15) is 36.8 Å². The van der Waals surface area contributed by atoms with Crippen LogP contribution in [-0.2, 0) is 20.8 Å². The van der Waals surface area contributed by atoms with Crippen molar-refractivity contribution in [3.8, 4) is 0 Å². The molecule has 0 aliphatic carbocycles. The maximum Gasteiger partial charge on any atom is 0.250 e. The minimum absolute atomic E-state index is 0.124. The molecule has 0 spiro atoms. The topological polar surface area (TPSA) is 96.6 Å². The molecule has 1 aliphatic rings. The van der Waals surface area contributed by atoms with Gasteiger partial charge in [0.05, 0.1) is 5.92 Å². The van der Waals surface area contributed by atoms with E-state index in [4.69, 9.17) is 5.73 Å². The van der Waals surface area contributed by atoms with Gasteiger partial charge in [0.1, 0.15) is 11.9 Å². The number of carbonyl (C=O) groups excluding carboxylic acids is 3. The Morgan fingerprint density at radius 2 is 1.81 bits per heavy atom. The summed E-state index contributed by atoms with van der Waals surface area (Å²) in [6, 6.07) is 14.8. The number of nitrogens with zero attached hydrogens (tertiary/aromatic N) is 3. The lowest BCUT2D eigenvalue weighted by Gasteiger charge is -2.46. The van der Waals surface area contributed by atoms with Crippen LogP contribution in [0.15, 0.2) is 66.9 Å². The molecular formula is C28H28F2N4O3. The Balaban J connectivity index is 1.60. The Morgan fingerprint density at radius 1 is 1.08 bits per heavy atom. The number of rotatable bonds is 8. The number of anilines is 2. The fraction of sp³-hybridized carbons (Fsp3) is 0.286. The highest BCUT2D eigenvalue weighted by Crippen LogP contribution is 2.35. The first-order valence-corrected chi connectivity index (χ1v) is 12.0. The normalized spacial score (nSPS) is 17.7. The largest absolute Gasteiger partial charge is 0.384 e. The number of likely N-dealkylation sites (N-methyl/N-ethyl adjacent to an activating group) is 1. The number of pyridine rings is 1. The summed E-state index contributed by atoms with van der Waals surface area (Å²) in [5.74, 6) is -4.28. The quantitative estimate of drug-likeness (QED) is 0.465. The number of carbonyl (C=O) groups is 3. The number of hydrogen-bond donors (Lipinski definition) is 1. The van der Waals surface area contributed by atoms with Crippen LogP contribution in [0.2, 0.25) is 0 Å².